The maximum absolute atomic E-state index is 7.00. The molecule has 2 aromatic heterocycles. The van der Waals surface area contributed by atoms with Crippen molar-refractivity contribution in [3.63, 3.8) is 0 Å². The summed E-state index contributed by atoms with van der Waals surface area (Å²) in [6.07, 6.45) is 4.21. The van der Waals surface area contributed by atoms with Crippen molar-refractivity contribution >= 4 is 27.1 Å². The lowest BCUT2D eigenvalue weighted by Crippen LogP contribution is -2.25. The van der Waals surface area contributed by atoms with Crippen molar-refractivity contribution < 1.29 is 23.7 Å². The first-order chi connectivity index (χ1) is 14.6. The predicted molar refractivity (Wildman–Crippen MR) is 121 cm³/mol. The van der Waals surface area contributed by atoms with Crippen LogP contribution in [0.1, 0.15) is 24.6 Å². The lowest BCUT2D eigenvalue weighted by Gasteiger charge is -2.12. The van der Waals surface area contributed by atoms with Crippen LogP contribution >= 0.6 is 0 Å². The number of aliphatic hydroxyl groups is 1. The molecule has 0 atom stereocenters. The molecule has 0 fully saturated rings. The number of methoxy groups -OCH3 is 3. The van der Waals surface area contributed by atoms with Gasteiger partial charge < -0.3 is 19.3 Å². The van der Waals surface area contributed by atoms with Crippen LogP contribution in [0.3, 0.4) is 0 Å². The van der Waals surface area contributed by atoms with Gasteiger partial charge in [-0.3, -0.25) is 0 Å². The molecular formula is C25H30NO4+. The Hall–Kier alpha value is -3.05. The zero-order valence-corrected chi connectivity index (χ0v) is 18.6. The van der Waals surface area contributed by atoms with Crippen LogP contribution in [0.15, 0.2) is 42.6 Å². The molecule has 0 radical (unpaired) electrons. The molecule has 4 rings (SSSR count). The highest BCUT2D eigenvalue weighted by Crippen LogP contribution is 2.35. The summed E-state index contributed by atoms with van der Waals surface area (Å²) in [5.74, 6) is 2.45. The molecule has 2 aromatic carbocycles. The molecule has 0 aliphatic carbocycles. The van der Waals surface area contributed by atoms with E-state index in [2.05, 4.69) is 60.8 Å². The van der Waals surface area contributed by atoms with E-state index in [-0.39, 0.29) is 0 Å². The highest BCUT2D eigenvalue weighted by atomic mass is 16.5. The van der Waals surface area contributed by atoms with Gasteiger partial charge in [-0.25, -0.2) is 0 Å². The summed E-state index contributed by atoms with van der Waals surface area (Å²) in [5.41, 5.74) is 3.59. The van der Waals surface area contributed by atoms with E-state index in [0.29, 0.717) is 0 Å². The van der Waals surface area contributed by atoms with Crippen molar-refractivity contribution in [1.29, 1.82) is 0 Å². The number of ether oxygens (including phenoxy) is 3. The lowest BCUT2D eigenvalue weighted by atomic mass is 10.0. The van der Waals surface area contributed by atoms with Crippen molar-refractivity contribution in [1.82, 2.24) is 0 Å². The highest BCUT2D eigenvalue weighted by Gasteiger charge is 2.18. The molecule has 4 aromatic rings. The SMILES string of the molecule is CCCc1cc2c(cc[n+]3c(C)c4cc(OC)c(OC)cc4cc23)cc1OC.CO. The number of fused-ring (bicyclic) bond motifs is 4. The minimum absolute atomic E-state index is 0.743. The summed E-state index contributed by atoms with van der Waals surface area (Å²) < 4.78 is 18.9. The highest BCUT2D eigenvalue weighted by molar-refractivity contribution is 5.99. The smallest absolute Gasteiger partial charge is 0.219 e. The molecule has 0 aliphatic heterocycles. The first-order valence-electron chi connectivity index (χ1n) is 10.1. The van der Waals surface area contributed by atoms with Crippen LogP contribution in [0.25, 0.3) is 27.1 Å². The number of hydrogen-bond acceptors (Lipinski definition) is 4. The average Bonchev–Trinajstić information content (AvgIpc) is 2.79. The zero-order chi connectivity index (χ0) is 21.8. The quantitative estimate of drug-likeness (QED) is 0.297. The summed E-state index contributed by atoms with van der Waals surface area (Å²) in [4.78, 5) is 0. The average molecular weight is 409 g/mol. The van der Waals surface area contributed by atoms with Gasteiger partial charge in [-0.05, 0) is 47.0 Å². The molecule has 0 spiro atoms. The topological polar surface area (TPSA) is 52.0 Å². The summed E-state index contributed by atoms with van der Waals surface area (Å²) in [7, 11) is 6.09. The van der Waals surface area contributed by atoms with Gasteiger partial charge in [0.1, 0.15) is 5.75 Å². The van der Waals surface area contributed by atoms with E-state index >= 15 is 0 Å². The molecule has 1 N–H and O–H groups in total. The minimum Gasteiger partial charge on any atom is -0.496 e. The molecule has 5 heteroatoms. The summed E-state index contributed by atoms with van der Waals surface area (Å²) in [6, 6.07) is 12.9. The van der Waals surface area contributed by atoms with E-state index in [1.807, 2.05) is 0 Å². The maximum Gasteiger partial charge on any atom is 0.219 e. The van der Waals surface area contributed by atoms with E-state index in [1.54, 1.807) is 21.3 Å². The molecule has 0 saturated heterocycles. The molecule has 0 bridgehead atoms. The fraction of sp³-hybridized carbons (Fsp3) is 0.320. The van der Waals surface area contributed by atoms with Crippen molar-refractivity contribution in [2.45, 2.75) is 26.7 Å². The summed E-state index contributed by atoms with van der Waals surface area (Å²) >= 11 is 0. The van der Waals surface area contributed by atoms with Crippen molar-refractivity contribution in [2.24, 2.45) is 0 Å². The number of aliphatic hydroxyl groups excluding tert-OH is 1. The Morgan fingerprint density at radius 2 is 1.43 bits per heavy atom. The van der Waals surface area contributed by atoms with Crippen LogP contribution < -0.4 is 18.6 Å². The number of pyridine rings is 2. The molecule has 0 unspecified atom stereocenters. The minimum atomic E-state index is 0.743. The van der Waals surface area contributed by atoms with Crippen LogP contribution in [0, 0.1) is 6.92 Å². The second-order valence-corrected chi connectivity index (χ2v) is 7.10. The summed E-state index contributed by atoms with van der Waals surface area (Å²) in [5, 5.41) is 11.7. The third-order valence-electron chi connectivity index (χ3n) is 5.51. The molecule has 0 amide bonds. The third-order valence-corrected chi connectivity index (χ3v) is 5.51. The number of hydrogen-bond donors (Lipinski definition) is 1. The van der Waals surface area contributed by atoms with Crippen molar-refractivity contribution in [3.05, 3.63) is 53.9 Å². The van der Waals surface area contributed by atoms with Gasteiger partial charge in [0.25, 0.3) is 0 Å². The molecule has 30 heavy (non-hydrogen) atoms. The van der Waals surface area contributed by atoms with Crippen molar-refractivity contribution in [3.8, 4) is 17.2 Å². The fourth-order valence-electron chi connectivity index (χ4n) is 4.06. The second-order valence-electron chi connectivity index (χ2n) is 7.10. The Morgan fingerprint density at radius 3 is 2.07 bits per heavy atom. The Labute approximate surface area is 177 Å². The van der Waals surface area contributed by atoms with Gasteiger partial charge in [-0.1, -0.05) is 13.3 Å². The first kappa shape index (κ1) is 21.7. The predicted octanol–water partition coefficient (Wildman–Crippen LogP) is 4.63. The molecule has 2 heterocycles. The molecule has 5 nitrogen and oxygen atoms in total. The van der Waals surface area contributed by atoms with Crippen LogP contribution in [0.5, 0.6) is 17.2 Å². The number of aromatic nitrogens is 1. The van der Waals surface area contributed by atoms with Gasteiger partial charge >= 0.3 is 0 Å². The third kappa shape index (κ3) is 3.61. The van der Waals surface area contributed by atoms with E-state index in [1.165, 1.54) is 27.5 Å². The monoisotopic (exact) mass is 408 g/mol. The summed E-state index contributed by atoms with van der Waals surface area (Å²) in [6.45, 7) is 4.34. The van der Waals surface area contributed by atoms with Gasteiger partial charge in [0.05, 0.1) is 32.1 Å². The van der Waals surface area contributed by atoms with Crippen LogP contribution in [0.2, 0.25) is 0 Å². The normalized spacial score (nSPS) is 10.8. The maximum atomic E-state index is 7.00. The Kier molecular flexibility index (Phi) is 6.63. The molecule has 0 saturated carbocycles. The zero-order valence-electron chi connectivity index (χ0n) is 18.6. The van der Waals surface area contributed by atoms with E-state index in [9.17, 15) is 0 Å². The van der Waals surface area contributed by atoms with E-state index < -0.39 is 0 Å². The van der Waals surface area contributed by atoms with Gasteiger partial charge in [0, 0.05) is 26.2 Å². The van der Waals surface area contributed by atoms with Crippen LogP contribution in [0.4, 0.5) is 0 Å². The lowest BCUT2D eigenvalue weighted by molar-refractivity contribution is -0.516. The van der Waals surface area contributed by atoms with E-state index in [0.717, 1.165) is 48.0 Å². The number of aryl methyl sites for hydroxylation is 2. The molecule has 158 valence electrons. The van der Waals surface area contributed by atoms with Gasteiger partial charge in [-0.2, -0.15) is 4.40 Å². The van der Waals surface area contributed by atoms with Crippen molar-refractivity contribution in [2.75, 3.05) is 28.4 Å². The molecule has 0 aliphatic rings. The van der Waals surface area contributed by atoms with Crippen LogP contribution in [-0.4, -0.2) is 33.5 Å². The van der Waals surface area contributed by atoms with E-state index in [4.69, 9.17) is 19.3 Å². The second kappa shape index (κ2) is 9.18. The van der Waals surface area contributed by atoms with Gasteiger partial charge in [-0.15, -0.1) is 0 Å². The first-order valence-corrected chi connectivity index (χ1v) is 10.1. The Balaban J connectivity index is 0.00000124. The number of rotatable bonds is 5. The Bertz CT molecular complexity index is 1200. The number of nitrogens with zero attached hydrogens (tertiary/aromatic N) is 1. The standard InChI is InChI=1S/C24H26NO3.CH4O/c1-6-7-17-10-20-16(12-22(17)26-3)8-9-25-15(2)19-14-24(28-5)23(27-4)13-18(19)11-21(20)25;1-2/h8-14H,6-7H2,1-5H3;2H,1H3/q+1;. The van der Waals surface area contributed by atoms with Crippen LogP contribution in [-0.2, 0) is 6.42 Å². The Morgan fingerprint density at radius 1 is 0.800 bits per heavy atom. The van der Waals surface area contributed by atoms with Gasteiger partial charge in [0.15, 0.2) is 23.4 Å². The van der Waals surface area contributed by atoms with Gasteiger partial charge in [0.2, 0.25) is 5.52 Å². The largest absolute Gasteiger partial charge is 0.496 e. The fourth-order valence-corrected chi connectivity index (χ4v) is 4.06. The molecular weight excluding hydrogens is 378 g/mol. The number of benzene rings is 2.